The van der Waals surface area contributed by atoms with Gasteiger partial charge in [-0.3, -0.25) is 14.9 Å². The van der Waals surface area contributed by atoms with Crippen molar-refractivity contribution in [3.8, 4) is 0 Å². The van der Waals surface area contributed by atoms with Crippen molar-refractivity contribution in [2.45, 2.75) is 13.0 Å². The molecule has 2 N–H and O–H groups in total. The van der Waals surface area contributed by atoms with Crippen molar-refractivity contribution in [2.75, 3.05) is 7.11 Å². The van der Waals surface area contributed by atoms with E-state index in [0.29, 0.717) is 0 Å². The molecule has 0 aliphatic rings. The highest BCUT2D eigenvalue weighted by atomic mass is 16.5. The largest absolute Gasteiger partial charge is 0.481 e. The Kier molecular flexibility index (Phi) is 4.14. The van der Waals surface area contributed by atoms with E-state index in [-0.39, 0.29) is 18.7 Å². The number of carbonyl (C=O) groups excluding carboxylic acids is 2. The van der Waals surface area contributed by atoms with Crippen LogP contribution in [0.5, 0.6) is 0 Å². The third kappa shape index (κ3) is 4.28. The third-order valence-corrected chi connectivity index (χ3v) is 1.65. The summed E-state index contributed by atoms with van der Waals surface area (Å²) in [6.45, 7) is -0.248. The number of carboxylic acids is 1. The van der Waals surface area contributed by atoms with Gasteiger partial charge in [0.25, 0.3) is 5.91 Å². The molecule has 9 nitrogen and oxygen atoms in total. The number of aliphatic carboxylic acids is 1. The minimum absolute atomic E-state index is 0.225. The van der Waals surface area contributed by atoms with E-state index in [4.69, 9.17) is 5.11 Å². The minimum atomic E-state index is -1.05. The summed E-state index contributed by atoms with van der Waals surface area (Å²) in [6.07, 6.45) is 0.157. The van der Waals surface area contributed by atoms with Gasteiger partial charge in [0.15, 0.2) is 0 Å². The van der Waals surface area contributed by atoms with E-state index in [1.54, 1.807) is 0 Å². The number of aromatic nitrogens is 3. The summed E-state index contributed by atoms with van der Waals surface area (Å²) in [6, 6.07) is 0. The molecule has 0 spiro atoms. The highest BCUT2D eigenvalue weighted by molar-refractivity contribution is 5.91. The third-order valence-electron chi connectivity index (χ3n) is 1.65. The number of ether oxygens (including phenoxy) is 1. The van der Waals surface area contributed by atoms with E-state index in [0.717, 1.165) is 11.8 Å². The van der Waals surface area contributed by atoms with Crippen LogP contribution in [0.3, 0.4) is 0 Å². The molecule has 0 unspecified atom stereocenters. The van der Waals surface area contributed by atoms with Gasteiger partial charge in [-0.15, -0.1) is 5.10 Å². The molecule has 2 amide bonds. The lowest BCUT2D eigenvalue weighted by Gasteiger charge is -2.01. The fraction of sp³-hybridized carbons (Fsp3) is 0.375. The summed E-state index contributed by atoms with van der Waals surface area (Å²) >= 11 is 0. The smallest absolute Gasteiger partial charge is 0.413 e. The van der Waals surface area contributed by atoms with Crippen LogP contribution in [0.15, 0.2) is 6.20 Å². The predicted octanol–water partition coefficient (Wildman–Crippen LogP) is -1.21. The van der Waals surface area contributed by atoms with Gasteiger partial charge in [0.1, 0.15) is 6.54 Å². The maximum Gasteiger partial charge on any atom is 0.413 e. The Morgan fingerprint density at radius 1 is 1.53 bits per heavy atom. The molecule has 0 saturated carbocycles. The van der Waals surface area contributed by atoms with Crippen molar-refractivity contribution in [3.05, 3.63) is 11.9 Å². The highest BCUT2D eigenvalue weighted by Gasteiger charge is 2.10. The van der Waals surface area contributed by atoms with Gasteiger partial charge in [-0.05, 0) is 0 Å². The number of carbonyl (C=O) groups is 3. The number of hydrogen-bond acceptors (Lipinski definition) is 6. The summed E-state index contributed by atoms with van der Waals surface area (Å²) < 4.78 is 5.34. The van der Waals surface area contributed by atoms with Gasteiger partial charge in [0, 0.05) is 6.20 Å². The van der Waals surface area contributed by atoms with Crippen molar-refractivity contribution in [1.29, 1.82) is 0 Å². The van der Waals surface area contributed by atoms with Gasteiger partial charge in [-0.2, -0.15) is 0 Å². The lowest BCUT2D eigenvalue weighted by atomic mass is 10.3. The fourth-order valence-electron chi connectivity index (χ4n) is 1.00. The summed E-state index contributed by atoms with van der Waals surface area (Å²) in [4.78, 5) is 32.2. The van der Waals surface area contributed by atoms with E-state index in [1.165, 1.54) is 6.20 Å². The molecule has 17 heavy (non-hydrogen) atoms. The van der Waals surface area contributed by atoms with Crippen LogP contribution in [0.2, 0.25) is 0 Å². The summed E-state index contributed by atoms with van der Waals surface area (Å²) in [5.74, 6) is -1.68. The van der Waals surface area contributed by atoms with E-state index in [1.807, 2.05) is 5.32 Å². The Balaban J connectivity index is 2.51. The monoisotopic (exact) mass is 242 g/mol. The van der Waals surface area contributed by atoms with Crippen LogP contribution in [0.4, 0.5) is 4.79 Å². The number of carboxylic acid groups (broad SMARTS) is 1. The molecule has 0 atom stereocenters. The Bertz CT molecular complexity index is 441. The number of imide groups is 1. The van der Waals surface area contributed by atoms with Gasteiger partial charge in [-0.1, -0.05) is 5.21 Å². The maximum absolute atomic E-state index is 11.2. The first-order chi connectivity index (χ1) is 8.01. The number of methoxy groups -OCH3 is 1. The molecule has 92 valence electrons. The van der Waals surface area contributed by atoms with Crippen LogP contribution in [0, 0.1) is 0 Å². The molecule has 1 rings (SSSR count). The van der Waals surface area contributed by atoms with E-state index in [2.05, 4.69) is 15.0 Å². The number of rotatable bonds is 4. The molecular formula is C8H10N4O5. The Labute approximate surface area is 95.4 Å². The first-order valence-corrected chi connectivity index (χ1v) is 4.50. The molecule has 0 saturated heterocycles. The molecule has 0 aliphatic heterocycles. The number of nitrogens with zero attached hydrogens (tertiary/aromatic N) is 3. The maximum atomic E-state index is 11.2. The van der Waals surface area contributed by atoms with Crippen molar-refractivity contribution >= 4 is 18.0 Å². The summed E-state index contributed by atoms with van der Waals surface area (Å²) in [7, 11) is 1.13. The van der Waals surface area contributed by atoms with Gasteiger partial charge >= 0.3 is 12.1 Å². The zero-order valence-corrected chi connectivity index (χ0v) is 8.91. The minimum Gasteiger partial charge on any atom is -0.481 e. The van der Waals surface area contributed by atoms with Crippen LogP contribution in [-0.4, -0.2) is 45.2 Å². The zero-order chi connectivity index (χ0) is 12.8. The average Bonchev–Trinajstić information content (AvgIpc) is 2.63. The number of amides is 2. The Morgan fingerprint density at radius 2 is 2.24 bits per heavy atom. The average molecular weight is 242 g/mol. The van der Waals surface area contributed by atoms with Crippen molar-refractivity contribution in [1.82, 2.24) is 20.3 Å². The molecule has 1 aromatic rings. The van der Waals surface area contributed by atoms with Gasteiger partial charge < -0.3 is 9.84 Å². The lowest BCUT2D eigenvalue weighted by molar-refractivity contribution is -0.136. The van der Waals surface area contributed by atoms with Crippen LogP contribution in [-0.2, 0) is 27.3 Å². The normalized spacial score (nSPS) is 9.71. The molecule has 0 aromatic carbocycles. The molecule has 1 heterocycles. The second-order valence-corrected chi connectivity index (χ2v) is 3.02. The van der Waals surface area contributed by atoms with Gasteiger partial charge in [-0.25, -0.2) is 9.48 Å². The molecule has 1 aromatic heterocycles. The highest BCUT2D eigenvalue weighted by Crippen LogP contribution is 1.94. The zero-order valence-electron chi connectivity index (χ0n) is 8.91. The van der Waals surface area contributed by atoms with Crippen LogP contribution >= 0.6 is 0 Å². The van der Waals surface area contributed by atoms with Crippen molar-refractivity contribution in [2.24, 2.45) is 0 Å². The molecule has 0 fully saturated rings. The molecular weight excluding hydrogens is 232 g/mol. The molecule has 0 bridgehead atoms. The van der Waals surface area contributed by atoms with Crippen LogP contribution in [0.25, 0.3) is 0 Å². The molecule has 9 heteroatoms. The van der Waals surface area contributed by atoms with E-state index in [9.17, 15) is 14.4 Å². The standard InChI is InChI=1S/C8H10N4O5/c1-17-8(16)9-6(13)4-12-3-5(10-11-12)2-7(14)15/h3H,2,4H2,1H3,(H,14,15)(H,9,13,16). The quantitative estimate of drug-likeness (QED) is 0.678. The number of hydrogen-bond donors (Lipinski definition) is 2. The summed E-state index contributed by atoms with van der Waals surface area (Å²) in [5.41, 5.74) is 0.225. The van der Waals surface area contributed by atoms with Gasteiger partial charge in [0.05, 0.1) is 19.2 Å². The van der Waals surface area contributed by atoms with Crippen LogP contribution < -0.4 is 5.32 Å². The Hall–Kier alpha value is -2.45. The van der Waals surface area contributed by atoms with Crippen molar-refractivity contribution in [3.63, 3.8) is 0 Å². The van der Waals surface area contributed by atoms with Crippen LogP contribution in [0.1, 0.15) is 5.69 Å². The molecule has 0 aliphatic carbocycles. The first-order valence-electron chi connectivity index (χ1n) is 4.50. The van der Waals surface area contributed by atoms with E-state index < -0.39 is 18.0 Å². The fourth-order valence-corrected chi connectivity index (χ4v) is 1.00. The second kappa shape index (κ2) is 5.58. The van der Waals surface area contributed by atoms with E-state index >= 15 is 0 Å². The molecule has 0 radical (unpaired) electrons. The van der Waals surface area contributed by atoms with Crippen molar-refractivity contribution < 1.29 is 24.2 Å². The number of alkyl carbamates (subject to hydrolysis) is 1. The predicted molar refractivity (Wildman–Crippen MR) is 51.9 cm³/mol. The topological polar surface area (TPSA) is 123 Å². The lowest BCUT2D eigenvalue weighted by Crippen LogP contribution is -2.33. The second-order valence-electron chi connectivity index (χ2n) is 3.02. The SMILES string of the molecule is COC(=O)NC(=O)Cn1cc(CC(=O)O)nn1. The summed E-state index contributed by atoms with van der Waals surface area (Å²) in [5, 5.41) is 17.5. The number of nitrogens with one attached hydrogen (secondary N) is 1. The van der Waals surface area contributed by atoms with Gasteiger partial charge in [0.2, 0.25) is 0 Å². The first kappa shape index (κ1) is 12.6. The Morgan fingerprint density at radius 3 is 2.82 bits per heavy atom.